The van der Waals surface area contributed by atoms with Crippen molar-refractivity contribution in [2.45, 2.75) is 32.9 Å². The maximum Gasteiger partial charge on any atom is 0.409 e. The number of ether oxygens (including phenoxy) is 2. The van der Waals surface area contributed by atoms with E-state index in [9.17, 15) is 9.90 Å². The molecule has 1 unspecified atom stereocenters. The van der Waals surface area contributed by atoms with E-state index in [-0.39, 0.29) is 18.7 Å². The molecule has 1 saturated carbocycles. The van der Waals surface area contributed by atoms with Crippen molar-refractivity contribution in [3.05, 3.63) is 41.3 Å². The highest BCUT2D eigenvalue weighted by atomic mass is 16.5. The summed E-state index contributed by atoms with van der Waals surface area (Å²) in [6.45, 7) is 7.72. The quantitative estimate of drug-likeness (QED) is 0.385. The van der Waals surface area contributed by atoms with Crippen molar-refractivity contribution in [3.63, 3.8) is 0 Å². The standard InChI is InChI=1S/C27H34N6O5/c1-14-23(22-15(2)32-38-16(22)3)29-26(17-7-6-8-19(9-17)37-13-18(34)10-28-4)31-25(14)30-24-20-11-33(12-21(20)24)27(35)36-5/h6-9,18,20-21,24,28,34H,10-13H2,1-5H3,(H,29,30,31)/t18?,20-,21+,24+. The van der Waals surface area contributed by atoms with Crippen LogP contribution in [0.5, 0.6) is 5.75 Å². The van der Waals surface area contributed by atoms with E-state index in [2.05, 4.69) is 15.8 Å². The largest absolute Gasteiger partial charge is 0.491 e. The van der Waals surface area contributed by atoms with Crippen LogP contribution in [0.3, 0.4) is 0 Å². The lowest BCUT2D eigenvalue weighted by Crippen LogP contribution is -2.33. The average Bonchev–Trinajstić information content (AvgIpc) is 3.20. The van der Waals surface area contributed by atoms with E-state index in [1.54, 1.807) is 11.9 Å². The number of piperidine rings is 1. The van der Waals surface area contributed by atoms with Gasteiger partial charge in [0, 0.05) is 48.6 Å². The lowest BCUT2D eigenvalue weighted by molar-refractivity contribution is 0.108. The summed E-state index contributed by atoms with van der Waals surface area (Å²) in [5.74, 6) is 3.30. The first kappa shape index (κ1) is 25.9. The van der Waals surface area contributed by atoms with Crippen molar-refractivity contribution >= 4 is 11.9 Å². The van der Waals surface area contributed by atoms with Crippen LogP contribution in [0.25, 0.3) is 22.6 Å². The number of carbonyl (C=O) groups is 1. The molecule has 38 heavy (non-hydrogen) atoms. The molecule has 1 saturated heterocycles. The van der Waals surface area contributed by atoms with E-state index in [4.69, 9.17) is 24.0 Å². The molecule has 2 aromatic heterocycles. The summed E-state index contributed by atoms with van der Waals surface area (Å²) in [7, 11) is 3.19. The summed E-state index contributed by atoms with van der Waals surface area (Å²) < 4.78 is 16.1. The molecular formula is C27H34N6O5. The van der Waals surface area contributed by atoms with Gasteiger partial charge in [-0.05, 0) is 40.0 Å². The van der Waals surface area contributed by atoms with Crippen LogP contribution < -0.4 is 15.4 Å². The molecule has 1 aromatic carbocycles. The third-order valence-electron chi connectivity index (χ3n) is 7.32. The van der Waals surface area contributed by atoms with Crippen molar-refractivity contribution in [2.24, 2.45) is 11.8 Å². The predicted octanol–water partition coefficient (Wildman–Crippen LogP) is 2.79. The number of hydrogen-bond acceptors (Lipinski definition) is 10. The van der Waals surface area contributed by atoms with Gasteiger partial charge in [-0.2, -0.15) is 0 Å². The number of aromatic nitrogens is 3. The molecule has 2 aliphatic rings. The zero-order valence-electron chi connectivity index (χ0n) is 22.3. The highest BCUT2D eigenvalue weighted by Gasteiger charge is 2.57. The Balaban J connectivity index is 1.45. The van der Waals surface area contributed by atoms with Crippen LogP contribution in [0.2, 0.25) is 0 Å². The Morgan fingerprint density at radius 1 is 1.24 bits per heavy atom. The molecule has 202 valence electrons. The molecular weight excluding hydrogens is 488 g/mol. The lowest BCUT2D eigenvalue weighted by Gasteiger charge is -2.20. The van der Waals surface area contributed by atoms with Crippen LogP contribution in [0, 0.1) is 32.6 Å². The normalized spacial score (nSPS) is 20.7. The fraction of sp³-hybridized carbons (Fsp3) is 0.481. The second-order valence-corrected chi connectivity index (χ2v) is 9.99. The summed E-state index contributed by atoms with van der Waals surface area (Å²) in [6, 6.07) is 7.75. The van der Waals surface area contributed by atoms with Crippen LogP contribution in [-0.2, 0) is 4.74 Å². The molecule has 3 heterocycles. The minimum Gasteiger partial charge on any atom is -0.491 e. The first-order chi connectivity index (χ1) is 18.3. The minimum absolute atomic E-state index is 0.170. The van der Waals surface area contributed by atoms with E-state index < -0.39 is 6.10 Å². The summed E-state index contributed by atoms with van der Waals surface area (Å²) in [5.41, 5.74) is 4.06. The molecule has 1 amide bonds. The molecule has 2 fully saturated rings. The molecule has 1 aliphatic heterocycles. The molecule has 1 aliphatic carbocycles. The molecule has 0 spiro atoms. The Hall–Kier alpha value is -3.70. The molecule has 4 atom stereocenters. The third-order valence-corrected chi connectivity index (χ3v) is 7.32. The number of aryl methyl sites for hydroxylation is 2. The molecule has 0 bridgehead atoms. The molecule has 11 nitrogen and oxygen atoms in total. The van der Waals surface area contributed by atoms with E-state index in [1.807, 2.05) is 45.0 Å². The molecule has 3 aromatic rings. The Bertz CT molecular complexity index is 1300. The van der Waals surface area contributed by atoms with E-state index in [1.165, 1.54) is 7.11 Å². The maximum atomic E-state index is 11.9. The van der Waals surface area contributed by atoms with Crippen molar-refractivity contribution < 1.29 is 23.9 Å². The number of methoxy groups -OCH3 is 1. The van der Waals surface area contributed by atoms with Crippen LogP contribution in [0.15, 0.2) is 28.8 Å². The number of amides is 1. The second-order valence-electron chi connectivity index (χ2n) is 9.99. The van der Waals surface area contributed by atoms with Gasteiger partial charge >= 0.3 is 6.09 Å². The van der Waals surface area contributed by atoms with Crippen LogP contribution in [0.1, 0.15) is 17.0 Å². The number of benzene rings is 1. The van der Waals surface area contributed by atoms with Gasteiger partial charge < -0.3 is 34.6 Å². The van der Waals surface area contributed by atoms with Crippen molar-refractivity contribution in [3.8, 4) is 28.4 Å². The molecule has 5 rings (SSSR count). The van der Waals surface area contributed by atoms with E-state index in [0.717, 1.165) is 33.9 Å². The van der Waals surface area contributed by atoms with Gasteiger partial charge in [-0.25, -0.2) is 14.8 Å². The number of anilines is 1. The first-order valence-electron chi connectivity index (χ1n) is 12.8. The zero-order chi connectivity index (χ0) is 27.0. The predicted molar refractivity (Wildman–Crippen MR) is 141 cm³/mol. The summed E-state index contributed by atoms with van der Waals surface area (Å²) in [4.78, 5) is 23.5. The van der Waals surface area contributed by atoms with Gasteiger partial charge in [-0.15, -0.1) is 0 Å². The summed E-state index contributed by atoms with van der Waals surface area (Å²) in [5, 5.41) is 20.7. The fourth-order valence-corrected chi connectivity index (χ4v) is 5.24. The minimum atomic E-state index is -0.616. The number of aliphatic hydroxyl groups is 1. The number of carbonyl (C=O) groups excluding carboxylic acids is 1. The molecule has 0 radical (unpaired) electrons. The van der Waals surface area contributed by atoms with Crippen molar-refractivity contribution in [2.75, 3.05) is 45.7 Å². The molecule has 11 heteroatoms. The van der Waals surface area contributed by atoms with Crippen molar-refractivity contribution in [1.82, 2.24) is 25.3 Å². The number of likely N-dealkylation sites (N-methyl/N-ethyl adjacent to an activating group) is 1. The van der Waals surface area contributed by atoms with E-state index >= 15 is 0 Å². The monoisotopic (exact) mass is 522 g/mol. The highest BCUT2D eigenvalue weighted by Crippen LogP contribution is 2.48. The topological polar surface area (TPSA) is 135 Å². The van der Waals surface area contributed by atoms with Gasteiger partial charge in [0.25, 0.3) is 0 Å². The van der Waals surface area contributed by atoms with Gasteiger partial charge in [-0.3, -0.25) is 0 Å². The summed E-state index contributed by atoms with van der Waals surface area (Å²) in [6.07, 6.45) is -0.896. The third kappa shape index (κ3) is 5.03. The number of rotatable bonds is 9. The van der Waals surface area contributed by atoms with Gasteiger partial charge in [0.2, 0.25) is 0 Å². The number of hydrogen-bond donors (Lipinski definition) is 3. The lowest BCUT2D eigenvalue weighted by atomic mass is 10.0. The Morgan fingerprint density at radius 2 is 2.00 bits per heavy atom. The van der Waals surface area contributed by atoms with E-state index in [0.29, 0.717) is 48.8 Å². The second kappa shape index (κ2) is 10.6. The molecule has 3 N–H and O–H groups in total. The number of likely N-dealkylation sites (tertiary alicyclic amines) is 1. The number of fused-ring (bicyclic) bond motifs is 1. The number of nitrogens with one attached hydrogen (secondary N) is 2. The summed E-state index contributed by atoms with van der Waals surface area (Å²) >= 11 is 0. The highest BCUT2D eigenvalue weighted by molar-refractivity contribution is 5.75. The maximum absolute atomic E-state index is 11.9. The fourth-order valence-electron chi connectivity index (χ4n) is 5.24. The van der Waals surface area contributed by atoms with Crippen LogP contribution >= 0.6 is 0 Å². The Kier molecular flexibility index (Phi) is 7.22. The number of nitrogens with zero attached hydrogens (tertiary/aromatic N) is 4. The zero-order valence-corrected chi connectivity index (χ0v) is 22.3. The van der Waals surface area contributed by atoms with Crippen molar-refractivity contribution in [1.29, 1.82) is 0 Å². The van der Waals surface area contributed by atoms with Gasteiger partial charge in [0.05, 0.1) is 24.1 Å². The smallest absolute Gasteiger partial charge is 0.409 e. The Morgan fingerprint density at radius 3 is 2.66 bits per heavy atom. The van der Waals surface area contributed by atoms with Crippen LogP contribution in [0.4, 0.5) is 10.6 Å². The SMILES string of the molecule is CNCC(O)COc1cccc(-c2nc(N[C@H]3[C@@H]4CN(C(=O)OC)C[C@@H]43)c(C)c(-c3c(C)noc3C)n2)c1. The van der Waals surface area contributed by atoms with Crippen LogP contribution in [-0.4, -0.2) is 83.8 Å². The average molecular weight is 523 g/mol. The first-order valence-corrected chi connectivity index (χ1v) is 12.8. The number of aliphatic hydroxyl groups excluding tert-OH is 1. The van der Waals surface area contributed by atoms with Gasteiger partial charge in [0.1, 0.15) is 30.0 Å². The Labute approximate surface area is 221 Å². The van der Waals surface area contributed by atoms with Gasteiger partial charge in [0.15, 0.2) is 5.82 Å². The van der Waals surface area contributed by atoms with Gasteiger partial charge in [-0.1, -0.05) is 17.3 Å².